The zero-order valence-electron chi connectivity index (χ0n) is 11.4. The summed E-state index contributed by atoms with van der Waals surface area (Å²) in [6, 6.07) is 10.4. The number of nitrogens with two attached hydrogens (primary N) is 1. The van der Waals surface area contributed by atoms with E-state index in [4.69, 9.17) is 25.7 Å². The van der Waals surface area contributed by atoms with Gasteiger partial charge in [0.25, 0.3) is 0 Å². The van der Waals surface area contributed by atoms with Gasteiger partial charge in [0.2, 0.25) is 0 Å². The molecule has 0 bridgehead atoms. The van der Waals surface area contributed by atoms with Gasteiger partial charge in [0.05, 0.1) is 19.3 Å². The Balaban J connectivity index is 2.40. The topological polar surface area (TPSA) is 88.6 Å². The van der Waals surface area contributed by atoms with E-state index in [1.165, 1.54) is 7.11 Å². The Morgan fingerprint density at radius 1 is 1.19 bits per heavy atom. The number of ether oxygens (including phenoxy) is 2. The molecule has 2 aromatic rings. The Labute approximate surface area is 130 Å². The fourth-order valence-electron chi connectivity index (χ4n) is 1.81. The smallest absolute Gasteiger partial charge is 0.169 e. The number of nitrogens with one attached hydrogen (secondary N) is 1. The zero-order chi connectivity index (χ0) is 15.4. The van der Waals surface area contributed by atoms with Crippen LogP contribution < -0.4 is 15.2 Å². The molecule has 0 aliphatic heterocycles. The SMILES string of the molecule is COc1cc(CO)ccc1Oc1ccc(Br)cc1C(=N)N. The summed E-state index contributed by atoms with van der Waals surface area (Å²) in [5.74, 6) is 1.36. The highest BCUT2D eigenvalue weighted by atomic mass is 79.9. The molecular formula is C15H15BrN2O3. The van der Waals surface area contributed by atoms with Crippen molar-refractivity contribution in [2.45, 2.75) is 6.61 Å². The van der Waals surface area contributed by atoms with E-state index >= 15 is 0 Å². The monoisotopic (exact) mass is 350 g/mol. The summed E-state index contributed by atoms with van der Waals surface area (Å²) >= 11 is 3.34. The third-order valence-electron chi connectivity index (χ3n) is 2.86. The van der Waals surface area contributed by atoms with Gasteiger partial charge in [-0.1, -0.05) is 22.0 Å². The summed E-state index contributed by atoms with van der Waals surface area (Å²) in [6.45, 7) is -0.0758. The first-order chi connectivity index (χ1) is 10.0. The first-order valence-electron chi connectivity index (χ1n) is 6.14. The second kappa shape index (κ2) is 6.60. The maximum Gasteiger partial charge on any atom is 0.169 e. The number of amidine groups is 1. The molecule has 4 N–H and O–H groups in total. The van der Waals surface area contributed by atoms with E-state index in [-0.39, 0.29) is 12.4 Å². The highest BCUT2D eigenvalue weighted by molar-refractivity contribution is 9.10. The van der Waals surface area contributed by atoms with Gasteiger partial charge < -0.3 is 20.3 Å². The van der Waals surface area contributed by atoms with E-state index in [9.17, 15) is 0 Å². The summed E-state index contributed by atoms with van der Waals surface area (Å²) in [4.78, 5) is 0. The van der Waals surface area contributed by atoms with E-state index in [0.717, 1.165) is 10.0 Å². The molecule has 0 saturated carbocycles. The summed E-state index contributed by atoms with van der Waals surface area (Å²) in [7, 11) is 1.52. The lowest BCUT2D eigenvalue weighted by atomic mass is 10.1. The molecule has 0 aliphatic rings. The number of aliphatic hydroxyl groups is 1. The van der Waals surface area contributed by atoms with Crippen LogP contribution in [0.25, 0.3) is 0 Å². The third-order valence-corrected chi connectivity index (χ3v) is 3.36. The van der Waals surface area contributed by atoms with Crippen LogP contribution in [0, 0.1) is 5.41 Å². The van der Waals surface area contributed by atoms with E-state index in [1.807, 2.05) is 0 Å². The Morgan fingerprint density at radius 3 is 2.52 bits per heavy atom. The quantitative estimate of drug-likeness (QED) is 0.571. The molecule has 0 heterocycles. The average Bonchev–Trinajstić information content (AvgIpc) is 2.49. The number of halogens is 1. The summed E-state index contributed by atoms with van der Waals surface area (Å²) in [5.41, 5.74) is 6.78. The first kappa shape index (κ1) is 15.3. The molecule has 0 aromatic heterocycles. The average molecular weight is 351 g/mol. The Morgan fingerprint density at radius 2 is 1.90 bits per heavy atom. The van der Waals surface area contributed by atoms with Crippen LogP contribution in [0.4, 0.5) is 0 Å². The number of methoxy groups -OCH3 is 1. The lowest BCUT2D eigenvalue weighted by Gasteiger charge is -2.14. The van der Waals surface area contributed by atoms with Crippen LogP contribution in [0.2, 0.25) is 0 Å². The van der Waals surface area contributed by atoms with Gasteiger partial charge in [-0.2, -0.15) is 0 Å². The van der Waals surface area contributed by atoms with Crippen molar-refractivity contribution in [1.82, 2.24) is 0 Å². The highest BCUT2D eigenvalue weighted by Crippen LogP contribution is 2.34. The van der Waals surface area contributed by atoms with Crippen LogP contribution in [0.15, 0.2) is 40.9 Å². The second-order valence-electron chi connectivity index (χ2n) is 4.30. The normalized spacial score (nSPS) is 10.2. The van der Waals surface area contributed by atoms with Crippen LogP contribution in [-0.2, 0) is 6.61 Å². The predicted molar refractivity (Wildman–Crippen MR) is 84.1 cm³/mol. The number of benzene rings is 2. The molecule has 0 atom stereocenters. The number of hydrogen-bond acceptors (Lipinski definition) is 4. The van der Waals surface area contributed by atoms with E-state index in [1.54, 1.807) is 36.4 Å². The predicted octanol–water partition coefficient (Wildman–Crippen LogP) is 3.03. The summed E-state index contributed by atoms with van der Waals surface area (Å²) in [6.07, 6.45) is 0. The molecule has 0 radical (unpaired) electrons. The van der Waals surface area contributed by atoms with Crippen molar-refractivity contribution < 1.29 is 14.6 Å². The molecule has 6 heteroatoms. The Kier molecular flexibility index (Phi) is 4.82. The lowest BCUT2D eigenvalue weighted by Crippen LogP contribution is -2.12. The molecule has 0 saturated heterocycles. The molecule has 0 amide bonds. The van der Waals surface area contributed by atoms with Gasteiger partial charge in [0.15, 0.2) is 11.5 Å². The lowest BCUT2D eigenvalue weighted by molar-refractivity contribution is 0.280. The number of aliphatic hydroxyl groups excluding tert-OH is 1. The minimum atomic E-state index is -0.0859. The minimum absolute atomic E-state index is 0.0758. The van der Waals surface area contributed by atoms with Gasteiger partial charge in [-0.3, -0.25) is 5.41 Å². The van der Waals surface area contributed by atoms with Crippen molar-refractivity contribution in [3.8, 4) is 17.2 Å². The van der Waals surface area contributed by atoms with Crippen molar-refractivity contribution >= 4 is 21.8 Å². The zero-order valence-corrected chi connectivity index (χ0v) is 13.0. The van der Waals surface area contributed by atoms with E-state index in [0.29, 0.717) is 22.8 Å². The molecule has 0 spiro atoms. The van der Waals surface area contributed by atoms with Crippen LogP contribution in [-0.4, -0.2) is 18.1 Å². The van der Waals surface area contributed by atoms with Crippen molar-refractivity contribution in [2.24, 2.45) is 5.73 Å². The van der Waals surface area contributed by atoms with Crippen molar-refractivity contribution in [2.75, 3.05) is 7.11 Å². The van der Waals surface area contributed by atoms with E-state index < -0.39 is 0 Å². The standard InChI is InChI=1S/C15H15BrN2O3/c1-20-14-6-9(8-19)2-4-13(14)21-12-5-3-10(16)7-11(12)15(17)18/h2-7,19H,8H2,1H3,(H3,17,18). The molecule has 110 valence electrons. The van der Waals surface area contributed by atoms with Crippen LogP contribution >= 0.6 is 15.9 Å². The molecule has 0 aliphatic carbocycles. The minimum Gasteiger partial charge on any atom is -0.493 e. The first-order valence-corrected chi connectivity index (χ1v) is 6.94. The molecular weight excluding hydrogens is 336 g/mol. The van der Waals surface area contributed by atoms with Crippen molar-refractivity contribution in [1.29, 1.82) is 5.41 Å². The van der Waals surface area contributed by atoms with Gasteiger partial charge in [-0.15, -0.1) is 0 Å². The number of hydrogen-bond donors (Lipinski definition) is 3. The molecule has 21 heavy (non-hydrogen) atoms. The maximum atomic E-state index is 9.14. The molecule has 0 fully saturated rings. The molecule has 5 nitrogen and oxygen atoms in total. The van der Waals surface area contributed by atoms with Crippen molar-refractivity contribution in [3.63, 3.8) is 0 Å². The van der Waals surface area contributed by atoms with Crippen LogP contribution in [0.1, 0.15) is 11.1 Å². The fourth-order valence-corrected chi connectivity index (χ4v) is 2.18. The van der Waals surface area contributed by atoms with Crippen molar-refractivity contribution in [3.05, 3.63) is 52.0 Å². The van der Waals surface area contributed by atoms with Gasteiger partial charge in [0, 0.05) is 4.47 Å². The number of rotatable bonds is 5. The highest BCUT2D eigenvalue weighted by Gasteiger charge is 2.12. The Hall–Kier alpha value is -2.05. The third kappa shape index (κ3) is 3.53. The van der Waals surface area contributed by atoms with Crippen LogP contribution in [0.5, 0.6) is 17.2 Å². The summed E-state index contributed by atoms with van der Waals surface area (Å²) < 4.78 is 11.9. The van der Waals surface area contributed by atoms with Gasteiger partial charge in [0.1, 0.15) is 11.6 Å². The number of nitrogen functional groups attached to an aromatic ring is 1. The molecule has 2 rings (SSSR count). The Bertz CT molecular complexity index is 674. The maximum absolute atomic E-state index is 9.14. The summed E-state index contributed by atoms with van der Waals surface area (Å²) in [5, 5.41) is 16.8. The van der Waals surface area contributed by atoms with Crippen LogP contribution in [0.3, 0.4) is 0 Å². The molecule has 2 aromatic carbocycles. The molecule has 0 unspecified atom stereocenters. The largest absolute Gasteiger partial charge is 0.493 e. The van der Waals surface area contributed by atoms with Gasteiger partial charge in [-0.25, -0.2) is 0 Å². The second-order valence-corrected chi connectivity index (χ2v) is 5.22. The fraction of sp³-hybridized carbons (Fsp3) is 0.133. The van der Waals surface area contributed by atoms with Gasteiger partial charge in [-0.05, 0) is 35.9 Å². The van der Waals surface area contributed by atoms with E-state index in [2.05, 4.69) is 15.9 Å². The van der Waals surface area contributed by atoms with Gasteiger partial charge >= 0.3 is 0 Å².